The first-order valence-corrected chi connectivity index (χ1v) is 12.5. The number of piperazine rings is 1. The Morgan fingerprint density at radius 2 is 1.70 bits per heavy atom. The average Bonchev–Trinajstić information content (AvgIpc) is 3.27. The van der Waals surface area contributed by atoms with E-state index in [1.165, 1.54) is 4.57 Å². The van der Waals surface area contributed by atoms with Crippen LogP contribution in [-0.4, -0.2) is 79.8 Å². The largest absolute Gasteiger partial charge is 0.495 e. The molecule has 5 rings (SSSR count). The molecule has 3 heterocycles. The number of amides is 1. The number of methoxy groups -OCH3 is 3. The minimum atomic E-state index is -0.569. The predicted octanol–water partition coefficient (Wildman–Crippen LogP) is 3.35. The van der Waals surface area contributed by atoms with Crippen LogP contribution >= 0.6 is 12.2 Å². The smallest absolute Gasteiger partial charge is 0.257 e. The van der Waals surface area contributed by atoms with E-state index in [-0.39, 0.29) is 23.0 Å². The maximum absolute atomic E-state index is 13.2. The van der Waals surface area contributed by atoms with Crippen LogP contribution in [0.2, 0.25) is 0 Å². The normalized spacial score (nSPS) is 16.9. The maximum Gasteiger partial charge on any atom is 0.257 e. The first-order valence-electron chi connectivity index (χ1n) is 12.1. The molecule has 10 nitrogen and oxygen atoms in total. The molecule has 1 aromatic heterocycles. The number of aromatic nitrogens is 2. The lowest BCUT2D eigenvalue weighted by molar-refractivity contribution is -0.131. The van der Waals surface area contributed by atoms with Gasteiger partial charge in [0.1, 0.15) is 17.6 Å². The number of ether oxygens (including phenoxy) is 3. The SMILES string of the molecule is COc1cc2nc(=S)n3c(c2cc1OC)N[C@H](CCC(=O)N1CCN(c2ccccc2OC)CC1)C3=O. The van der Waals surface area contributed by atoms with Crippen molar-refractivity contribution in [3.8, 4) is 17.2 Å². The minimum Gasteiger partial charge on any atom is -0.495 e. The van der Waals surface area contributed by atoms with E-state index in [1.807, 2.05) is 29.2 Å². The minimum absolute atomic E-state index is 0.0308. The molecule has 37 heavy (non-hydrogen) atoms. The van der Waals surface area contributed by atoms with Gasteiger partial charge in [-0.15, -0.1) is 0 Å². The Morgan fingerprint density at radius 3 is 2.41 bits per heavy atom. The fourth-order valence-corrected chi connectivity index (χ4v) is 5.24. The van der Waals surface area contributed by atoms with Crippen LogP contribution in [0.25, 0.3) is 10.9 Å². The molecule has 1 atom stereocenters. The van der Waals surface area contributed by atoms with Crippen molar-refractivity contribution in [3.05, 3.63) is 41.2 Å². The van der Waals surface area contributed by atoms with E-state index in [4.69, 9.17) is 26.4 Å². The molecule has 0 spiro atoms. The summed E-state index contributed by atoms with van der Waals surface area (Å²) in [5.41, 5.74) is 1.63. The summed E-state index contributed by atoms with van der Waals surface area (Å²) in [5, 5.41) is 3.97. The molecule has 2 aliphatic rings. The molecule has 11 heteroatoms. The fraction of sp³-hybridized carbons (Fsp3) is 0.385. The molecule has 0 bridgehead atoms. The highest BCUT2D eigenvalue weighted by Gasteiger charge is 2.33. The molecular formula is C26H29N5O5S. The van der Waals surface area contributed by atoms with Gasteiger partial charge in [-0.2, -0.15) is 0 Å². The Bertz CT molecular complexity index is 1420. The molecule has 2 aliphatic heterocycles. The standard InChI is InChI=1S/C26H29N5O5S/c1-34-20-7-5-4-6-19(20)29-10-12-30(13-11-29)23(32)9-8-17-25(33)31-24(27-17)16-14-21(35-2)22(36-3)15-18(16)28-26(31)37/h4-7,14-15,17,27H,8-13H2,1-3H3/t17-/m1/s1. The third kappa shape index (κ3) is 4.55. The van der Waals surface area contributed by atoms with E-state index in [0.29, 0.717) is 47.7 Å². The van der Waals surface area contributed by atoms with Crippen LogP contribution in [0.5, 0.6) is 17.2 Å². The van der Waals surface area contributed by atoms with E-state index in [2.05, 4.69) is 15.2 Å². The zero-order chi connectivity index (χ0) is 26.1. The summed E-state index contributed by atoms with van der Waals surface area (Å²) in [6.07, 6.45) is 0.609. The molecule has 0 unspecified atom stereocenters. The van der Waals surface area contributed by atoms with Gasteiger partial charge in [-0.3, -0.25) is 9.59 Å². The molecule has 0 saturated carbocycles. The fourth-order valence-electron chi connectivity index (χ4n) is 4.96. The number of para-hydroxylation sites is 2. The van der Waals surface area contributed by atoms with Crippen LogP contribution in [0.3, 0.4) is 0 Å². The highest BCUT2D eigenvalue weighted by molar-refractivity contribution is 7.71. The third-order valence-electron chi connectivity index (χ3n) is 6.92. The monoisotopic (exact) mass is 523 g/mol. The van der Waals surface area contributed by atoms with Gasteiger partial charge in [0, 0.05) is 44.1 Å². The lowest BCUT2D eigenvalue weighted by Gasteiger charge is -2.36. The number of carbonyl (C=O) groups excluding carboxylic acids is 2. The van der Waals surface area contributed by atoms with Crippen LogP contribution in [0.1, 0.15) is 17.6 Å². The molecule has 0 radical (unpaired) electrons. The molecular weight excluding hydrogens is 494 g/mol. The Labute approximate surface area is 219 Å². The number of hydrogen-bond donors (Lipinski definition) is 1. The summed E-state index contributed by atoms with van der Waals surface area (Å²) in [7, 11) is 4.76. The third-order valence-corrected chi connectivity index (χ3v) is 7.20. The van der Waals surface area contributed by atoms with E-state index < -0.39 is 6.04 Å². The highest BCUT2D eigenvalue weighted by atomic mass is 32.1. The first kappa shape index (κ1) is 24.8. The van der Waals surface area contributed by atoms with Crippen molar-refractivity contribution >= 4 is 46.4 Å². The zero-order valence-electron chi connectivity index (χ0n) is 21.0. The van der Waals surface area contributed by atoms with Crippen LogP contribution < -0.4 is 24.4 Å². The Hall–Kier alpha value is -3.86. The lowest BCUT2D eigenvalue weighted by Crippen LogP contribution is -2.49. The molecule has 3 aromatic rings. The molecule has 1 N–H and O–H groups in total. The van der Waals surface area contributed by atoms with Crippen molar-refractivity contribution in [3.63, 3.8) is 0 Å². The van der Waals surface area contributed by atoms with Crippen molar-refractivity contribution in [2.45, 2.75) is 18.9 Å². The van der Waals surface area contributed by atoms with Gasteiger partial charge in [-0.25, -0.2) is 9.55 Å². The molecule has 1 amide bonds. The van der Waals surface area contributed by atoms with Gasteiger partial charge in [-0.1, -0.05) is 12.1 Å². The summed E-state index contributed by atoms with van der Waals surface area (Å²) in [5.74, 6) is 2.25. The summed E-state index contributed by atoms with van der Waals surface area (Å²) in [6, 6.07) is 10.8. The zero-order valence-corrected chi connectivity index (χ0v) is 21.8. The molecule has 0 aliphatic carbocycles. The van der Waals surface area contributed by atoms with Crippen LogP contribution in [0, 0.1) is 4.77 Å². The number of anilines is 2. The van der Waals surface area contributed by atoms with Gasteiger partial charge < -0.3 is 29.3 Å². The number of rotatable bonds is 7. The molecule has 2 aromatic carbocycles. The second-order valence-corrected chi connectivity index (χ2v) is 9.28. The van der Waals surface area contributed by atoms with Gasteiger partial charge in [0.15, 0.2) is 11.5 Å². The maximum atomic E-state index is 13.2. The highest BCUT2D eigenvalue weighted by Crippen LogP contribution is 2.37. The molecule has 194 valence electrons. The number of nitrogens with one attached hydrogen (secondary N) is 1. The van der Waals surface area contributed by atoms with Crippen molar-refractivity contribution in [2.75, 3.05) is 57.7 Å². The second-order valence-electron chi connectivity index (χ2n) is 8.92. The Kier molecular flexibility index (Phi) is 6.88. The van der Waals surface area contributed by atoms with Gasteiger partial charge in [0.25, 0.3) is 5.91 Å². The first-order chi connectivity index (χ1) is 17.9. The van der Waals surface area contributed by atoms with E-state index in [9.17, 15) is 9.59 Å². The predicted molar refractivity (Wildman–Crippen MR) is 143 cm³/mol. The second kappa shape index (κ2) is 10.3. The molecule has 1 saturated heterocycles. The van der Waals surface area contributed by atoms with Crippen molar-refractivity contribution in [1.82, 2.24) is 14.5 Å². The number of nitrogens with zero attached hydrogens (tertiary/aromatic N) is 4. The number of hydrogen-bond acceptors (Lipinski definition) is 9. The van der Waals surface area contributed by atoms with Gasteiger partial charge in [0.05, 0.1) is 32.5 Å². The van der Waals surface area contributed by atoms with Crippen LogP contribution in [0.4, 0.5) is 11.5 Å². The summed E-state index contributed by atoms with van der Waals surface area (Å²) in [6.45, 7) is 2.67. The van der Waals surface area contributed by atoms with Crippen molar-refractivity contribution in [1.29, 1.82) is 0 Å². The summed E-state index contributed by atoms with van der Waals surface area (Å²) >= 11 is 5.41. The van der Waals surface area contributed by atoms with Crippen molar-refractivity contribution in [2.24, 2.45) is 0 Å². The lowest BCUT2D eigenvalue weighted by atomic mass is 10.1. The quantitative estimate of drug-likeness (QED) is 0.468. The van der Waals surface area contributed by atoms with E-state index in [0.717, 1.165) is 24.5 Å². The van der Waals surface area contributed by atoms with Gasteiger partial charge in [0.2, 0.25) is 10.7 Å². The van der Waals surface area contributed by atoms with E-state index in [1.54, 1.807) is 33.5 Å². The Morgan fingerprint density at radius 1 is 1.03 bits per heavy atom. The summed E-state index contributed by atoms with van der Waals surface area (Å²) < 4.78 is 17.8. The number of carbonyl (C=O) groups is 2. The van der Waals surface area contributed by atoms with E-state index >= 15 is 0 Å². The van der Waals surface area contributed by atoms with Crippen LogP contribution in [0.15, 0.2) is 36.4 Å². The molecule has 1 fully saturated rings. The van der Waals surface area contributed by atoms with Crippen molar-refractivity contribution < 1.29 is 23.8 Å². The number of benzene rings is 2. The summed E-state index contributed by atoms with van der Waals surface area (Å²) in [4.78, 5) is 34.7. The Balaban J connectivity index is 1.25. The van der Waals surface area contributed by atoms with Crippen LogP contribution in [-0.2, 0) is 4.79 Å². The number of fused-ring (bicyclic) bond motifs is 3. The van der Waals surface area contributed by atoms with Gasteiger partial charge >= 0.3 is 0 Å². The topological polar surface area (TPSA) is 98.2 Å². The van der Waals surface area contributed by atoms with Gasteiger partial charge in [-0.05, 0) is 36.8 Å². The average molecular weight is 524 g/mol.